The first-order valence-electron chi connectivity index (χ1n) is 10.6. The Morgan fingerprint density at radius 2 is 1.61 bits per heavy atom. The molecule has 0 fully saturated rings. The molecule has 0 bridgehead atoms. The molecule has 4 heteroatoms. The first-order chi connectivity index (χ1) is 14.9. The van der Waals surface area contributed by atoms with Crippen molar-refractivity contribution in [3.05, 3.63) is 107 Å². The summed E-state index contributed by atoms with van der Waals surface area (Å²) in [5.41, 5.74) is 18.9. The van der Waals surface area contributed by atoms with Crippen LogP contribution in [0.25, 0.3) is 6.08 Å². The molecule has 0 aliphatic carbocycles. The van der Waals surface area contributed by atoms with Gasteiger partial charge in [0.05, 0.1) is 17.4 Å². The minimum atomic E-state index is 0.0115. The van der Waals surface area contributed by atoms with Crippen molar-refractivity contribution in [3.63, 3.8) is 0 Å². The highest BCUT2D eigenvalue weighted by Gasteiger charge is 2.27. The largest absolute Gasteiger partial charge is 0.398 e. The van der Waals surface area contributed by atoms with Crippen LogP contribution in [0.1, 0.15) is 28.3 Å². The predicted molar refractivity (Wildman–Crippen MR) is 133 cm³/mol. The molecule has 0 amide bonds. The number of rotatable bonds is 5. The molecular weight excluding hydrogens is 380 g/mol. The van der Waals surface area contributed by atoms with E-state index in [9.17, 15) is 0 Å². The number of nitrogens with one attached hydrogen (secondary N) is 1. The zero-order valence-electron chi connectivity index (χ0n) is 18.6. The topological polar surface area (TPSA) is 44.5 Å². The van der Waals surface area contributed by atoms with Gasteiger partial charge in [-0.2, -0.15) is 0 Å². The molecule has 0 aromatic heterocycles. The molecule has 3 aromatic rings. The van der Waals surface area contributed by atoms with E-state index in [1.54, 1.807) is 0 Å². The maximum absolute atomic E-state index is 6.55. The Bertz CT molecular complexity index is 1110. The Morgan fingerprint density at radius 3 is 2.29 bits per heavy atom. The Labute approximate surface area is 185 Å². The van der Waals surface area contributed by atoms with E-state index >= 15 is 0 Å². The summed E-state index contributed by atoms with van der Waals surface area (Å²) < 4.78 is 0. The number of nitrogens with zero attached hydrogens (tertiary/aromatic N) is 2. The number of hydrogen-bond donors (Lipinski definition) is 2. The minimum absolute atomic E-state index is 0.0115. The van der Waals surface area contributed by atoms with Crippen molar-refractivity contribution in [2.45, 2.75) is 19.9 Å². The quantitative estimate of drug-likeness (QED) is 0.536. The van der Waals surface area contributed by atoms with Crippen molar-refractivity contribution < 1.29 is 0 Å². The SMILES string of the molecule is Cc1ccc(C2C=C(C=Cc3ccc(N(C)C)cc3)NN2c2ccccc2)c(N)c1C. The summed E-state index contributed by atoms with van der Waals surface area (Å²) in [5, 5.41) is 2.18. The van der Waals surface area contributed by atoms with E-state index in [-0.39, 0.29) is 6.04 Å². The third-order valence-corrected chi connectivity index (χ3v) is 5.90. The van der Waals surface area contributed by atoms with Crippen LogP contribution in [0.3, 0.4) is 0 Å². The molecule has 3 aromatic carbocycles. The number of benzene rings is 3. The molecule has 0 spiro atoms. The molecule has 0 saturated heterocycles. The van der Waals surface area contributed by atoms with Crippen LogP contribution in [0.5, 0.6) is 0 Å². The van der Waals surface area contributed by atoms with E-state index in [4.69, 9.17) is 5.73 Å². The molecular formula is C27H30N4. The summed E-state index contributed by atoms with van der Waals surface area (Å²) in [5.74, 6) is 0. The maximum Gasteiger partial charge on any atom is 0.0978 e. The Hall–Kier alpha value is -3.66. The van der Waals surface area contributed by atoms with Gasteiger partial charge in [-0.3, -0.25) is 10.4 Å². The molecule has 0 saturated carbocycles. The highest BCUT2D eigenvalue weighted by molar-refractivity contribution is 5.64. The van der Waals surface area contributed by atoms with Crippen LogP contribution in [0, 0.1) is 13.8 Å². The van der Waals surface area contributed by atoms with E-state index in [0.717, 1.165) is 33.8 Å². The average molecular weight is 411 g/mol. The lowest BCUT2D eigenvalue weighted by atomic mass is 9.97. The number of aryl methyl sites for hydroxylation is 1. The standard InChI is InChI=1S/C27H30N4/c1-19-10-17-25(27(28)20(19)2)26-18-22(29-31(26)24-8-6-5-7-9-24)14-11-21-12-15-23(16-13-21)30(3)4/h5-18,26,29H,28H2,1-4H3. The summed E-state index contributed by atoms with van der Waals surface area (Å²) in [6, 6.07) is 23.2. The lowest BCUT2D eigenvalue weighted by Gasteiger charge is -2.28. The van der Waals surface area contributed by atoms with Crippen LogP contribution in [0.15, 0.2) is 84.6 Å². The fourth-order valence-electron chi connectivity index (χ4n) is 3.81. The van der Waals surface area contributed by atoms with Crippen molar-refractivity contribution in [2.24, 2.45) is 0 Å². The number of nitrogen functional groups attached to an aromatic ring is 1. The summed E-state index contributed by atoms with van der Waals surface area (Å²) in [7, 11) is 4.10. The highest BCUT2D eigenvalue weighted by Crippen LogP contribution is 2.36. The van der Waals surface area contributed by atoms with E-state index in [2.05, 4.69) is 122 Å². The van der Waals surface area contributed by atoms with Crippen molar-refractivity contribution in [1.82, 2.24) is 5.43 Å². The molecule has 31 heavy (non-hydrogen) atoms. The lowest BCUT2D eigenvalue weighted by Crippen LogP contribution is -2.34. The molecule has 4 nitrogen and oxygen atoms in total. The van der Waals surface area contributed by atoms with Gasteiger partial charge in [-0.25, -0.2) is 0 Å². The van der Waals surface area contributed by atoms with Gasteiger partial charge < -0.3 is 10.6 Å². The molecule has 0 radical (unpaired) electrons. The molecule has 158 valence electrons. The van der Waals surface area contributed by atoms with Gasteiger partial charge in [0.25, 0.3) is 0 Å². The summed E-state index contributed by atoms with van der Waals surface area (Å²) in [6.45, 7) is 4.19. The number of hydrogen-bond acceptors (Lipinski definition) is 4. The van der Waals surface area contributed by atoms with Gasteiger partial charge in [-0.05, 0) is 67.0 Å². The molecule has 1 aliphatic rings. The first kappa shape index (κ1) is 20.6. The number of allylic oxidation sites excluding steroid dienone is 1. The third kappa shape index (κ3) is 4.29. The molecule has 1 atom stereocenters. The normalized spacial score (nSPS) is 15.8. The monoisotopic (exact) mass is 410 g/mol. The second-order valence-electron chi connectivity index (χ2n) is 8.21. The van der Waals surface area contributed by atoms with Crippen LogP contribution in [-0.2, 0) is 0 Å². The second kappa shape index (κ2) is 8.60. The van der Waals surface area contributed by atoms with Crippen molar-refractivity contribution in [3.8, 4) is 0 Å². The molecule has 1 aliphatic heterocycles. The van der Waals surface area contributed by atoms with Gasteiger partial charge >= 0.3 is 0 Å². The fraction of sp³-hybridized carbons (Fsp3) is 0.185. The first-order valence-corrected chi connectivity index (χ1v) is 10.6. The fourth-order valence-corrected chi connectivity index (χ4v) is 3.81. The van der Waals surface area contributed by atoms with Crippen LogP contribution < -0.4 is 21.1 Å². The molecule has 1 heterocycles. The zero-order valence-corrected chi connectivity index (χ0v) is 18.6. The Morgan fingerprint density at radius 1 is 0.903 bits per heavy atom. The van der Waals surface area contributed by atoms with E-state index in [1.807, 2.05) is 6.07 Å². The van der Waals surface area contributed by atoms with Crippen molar-refractivity contribution in [1.29, 1.82) is 0 Å². The lowest BCUT2D eigenvalue weighted by molar-refractivity contribution is 0.710. The molecule has 3 N–H and O–H groups in total. The minimum Gasteiger partial charge on any atom is -0.398 e. The maximum atomic E-state index is 6.55. The van der Waals surface area contributed by atoms with Crippen LogP contribution in [-0.4, -0.2) is 14.1 Å². The van der Waals surface area contributed by atoms with Gasteiger partial charge in [-0.1, -0.05) is 48.5 Å². The number of hydrazine groups is 1. The zero-order chi connectivity index (χ0) is 22.0. The van der Waals surface area contributed by atoms with Crippen molar-refractivity contribution >= 4 is 23.1 Å². The van der Waals surface area contributed by atoms with E-state index in [1.165, 1.54) is 11.3 Å². The van der Waals surface area contributed by atoms with Crippen molar-refractivity contribution in [2.75, 3.05) is 29.7 Å². The molecule has 1 unspecified atom stereocenters. The summed E-state index contributed by atoms with van der Waals surface area (Å²) in [4.78, 5) is 2.10. The van der Waals surface area contributed by atoms with Crippen LogP contribution in [0.2, 0.25) is 0 Å². The van der Waals surface area contributed by atoms with Gasteiger partial charge in [0.15, 0.2) is 0 Å². The third-order valence-electron chi connectivity index (χ3n) is 5.90. The Kier molecular flexibility index (Phi) is 5.72. The van der Waals surface area contributed by atoms with Crippen LogP contribution in [0.4, 0.5) is 17.1 Å². The summed E-state index contributed by atoms with van der Waals surface area (Å²) >= 11 is 0. The van der Waals surface area contributed by atoms with E-state index < -0.39 is 0 Å². The smallest absolute Gasteiger partial charge is 0.0978 e. The van der Waals surface area contributed by atoms with Gasteiger partial charge in [0, 0.05) is 31.0 Å². The van der Waals surface area contributed by atoms with Crippen LogP contribution >= 0.6 is 0 Å². The number of para-hydroxylation sites is 1. The second-order valence-corrected chi connectivity index (χ2v) is 8.21. The van der Waals surface area contributed by atoms with E-state index in [0.29, 0.717) is 0 Å². The molecule has 4 rings (SSSR count). The number of nitrogens with two attached hydrogens (primary N) is 1. The highest BCUT2D eigenvalue weighted by atomic mass is 15.5. The van der Waals surface area contributed by atoms with Gasteiger partial charge in [0.2, 0.25) is 0 Å². The average Bonchev–Trinajstić information content (AvgIpc) is 3.21. The van der Waals surface area contributed by atoms with Gasteiger partial charge in [0.1, 0.15) is 0 Å². The predicted octanol–water partition coefficient (Wildman–Crippen LogP) is 5.61. The Balaban J connectivity index is 1.66. The van der Waals surface area contributed by atoms with Gasteiger partial charge in [-0.15, -0.1) is 0 Å². The number of anilines is 3. The summed E-state index contributed by atoms with van der Waals surface area (Å²) in [6.07, 6.45) is 6.49.